The Balaban J connectivity index is 2.40. The number of carbonyl (C=O) groups is 1. The number of amides is 1. The van der Waals surface area contributed by atoms with E-state index in [9.17, 15) is 4.79 Å². The van der Waals surface area contributed by atoms with Gasteiger partial charge in [0.2, 0.25) is 5.91 Å². The van der Waals surface area contributed by atoms with Gasteiger partial charge in [-0.2, -0.15) is 0 Å². The molecule has 1 aromatic carbocycles. The largest absolute Gasteiger partial charge is 0.344 e. The van der Waals surface area contributed by atoms with Crippen molar-refractivity contribution in [3.8, 4) is 0 Å². The molecule has 0 saturated carbocycles. The summed E-state index contributed by atoms with van der Waals surface area (Å²) >= 11 is 0. The van der Waals surface area contributed by atoms with E-state index in [1.54, 1.807) is 4.90 Å². The first-order chi connectivity index (χ1) is 8.50. The van der Waals surface area contributed by atoms with Gasteiger partial charge in [0.1, 0.15) is 0 Å². The standard InChI is InChI=1S/C15H24N2O/c1-12(2)11-17(3)15(18)14(16)10-9-13-7-5-4-6-8-13/h4-8,12,14H,9-11,16H2,1-3H3/t14-/m0/s1. The highest BCUT2D eigenvalue weighted by atomic mass is 16.2. The molecular weight excluding hydrogens is 224 g/mol. The van der Waals surface area contributed by atoms with Crippen LogP contribution in [0.4, 0.5) is 0 Å². The van der Waals surface area contributed by atoms with Gasteiger partial charge in [0.25, 0.3) is 0 Å². The smallest absolute Gasteiger partial charge is 0.239 e. The van der Waals surface area contributed by atoms with E-state index >= 15 is 0 Å². The van der Waals surface area contributed by atoms with Crippen molar-refractivity contribution in [3.63, 3.8) is 0 Å². The average molecular weight is 248 g/mol. The van der Waals surface area contributed by atoms with Crippen LogP contribution in [0.5, 0.6) is 0 Å². The van der Waals surface area contributed by atoms with E-state index in [1.165, 1.54) is 5.56 Å². The third-order valence-corrected chi connectivity index (χ3v) is 2.92. The quantitative estimate of drug-likeness (QED) is 0.837. The summed E-state index contributed by atoms with van der Waals surface area (Å²) in [6.07, 6.45) is 1.55. The first kappa shape index (κ1) is 14.7. The normalized spacial score (nSPS) is 12.5. The van der Waals surface area contributed by atoms with Crippen LogP contribution < -0.4 is 5.73 Å². The van der Waals surface area contributed by atoms with Crippen LogP contribution in [0.2, 0.25) is 0 Å². The molecule has 0 spiro atoms. The lowest BCUT2D eigenvalue weighted by atomic mass is 10.0. The zero-order valence-corrected chi connectivity index (χ0v) is 11.6. The maximum atomic E-state index is 12.0. The molecule has 0 radical (unpaired) electrons. The van der Waals surface area contributed by atoms with Crippen molar-refractivity contribution in [1.82, 2.24) is 4.90 Å². The molecule has 0 heterocycles. The van der Waals surface area contributed by atoms with Crippen LogP contribution in [-0.4, -0.2) is 30.4 Å². The summed E-state index contributed by atoms with van der Waals surface area (Å²) in [5.74, 6) is 0.514. The number of hydrogen-bond acceptors (Lipinski definition) is 2. The molecule has 0 aromatic heterocycles. The van der Waals surface area contributed by atoms with Crippen molar-refractivity contribution < 1.29 is 4.79 Å². The summed E-state index contributed by atoms with van der Waals surface area (Å²) in [6.45, 7) is 4.95. The molecule has 0 fully saturated rings. The molecule has 3 nitrogen and oxygen atoms in total. The Morgan fingerprint density at radius 1 is 1.28 bits per heavy atom. The molecule has 0 aliphatic carbocycles. The molecule has 1 aromatic rings. The number of nitrogens with zero attached hydrogens (tertiary/aromatic N) is 1. The minimum absolute atomic E-state index is 0.0413. The molecule has 0 unspecified atom stereocenters. The molecule has 0 bridgehead atoms. The van der Waals surface area contributed by atoms with Crippen LogP contribution in [0.25, 0.3) is 0 Å². The lowest BCUT2D eigenvalue weighted by Crippen LogP contribution is -2.43. The maximum absolute atomic E-state index is 12.0. The Labute approximate surface area is 110 Å². The first-order valence-electron chi connectivity index (χ1n) is 6.55. The van der Waals surface area contributed by atoms with Crippen LogP contribution in [0, 0.1) is 5.92 Å². The van der Waals surface area contributed by atoms with Crippen molar-refractivity contribution >= 4 is 5.91 Å². The van der Waals surface area contributed by atoms with Crippen LogP contribution >= 0.6 is 0 Å². The summed E-state index contributed by atoms with van der Waals surface area (Å²) < 4.78 is 0. The van der Waals surface area contributed by atoms with E-state index in [4.69, 9.17) is 5.73 Å². The van der Waals surface area contributed by atoms with E-state index in [0.29, 0.717) is 12.3 Å². The van der Waals surface area contributed by atoms with Crippen molar-refractivity contribution in [3.05, 3.63) is 35.9 Å². The van der Waals surface area contributed by atoms with E-state index < -0.39 is 6.04 Å². The van der Waals surface area contributed by atoms with Crippen LogP contribution in [-0.2, 0) is 11.2 Å². The van der Waals surface area contributed by atoms with Crippen LogP contribution in [0.3, 0.4) is 0 Å². The van der Waals surface area contributed by atoms with Gasteiger partial charge in [-0.05, 0) is 24.3 Å². The van der Waals surface area contributed by atoms with Crippen molar-refractivity contribution in [1.29, 1.82) is 0 Å². The Hall–Kier alpha value is -1.35. The fourth-order valence-electron chi connectivity index (χ4n) is 2.01. The summed E-state index contributed by atoms with van der Waals surface area (Å²) in [5, 5.41) is 0. The second kappa shape index (κ2) is 7.17. The third-order valence-electron chi connectivity index (χ3n) is 2.92. The second-order valence-electron chi connectivity index (χ2n) is 5.24. The van der Waals surface area contributed by atoms with Crippen molar-refractivity contribution in [2.75, 3.05) is 13.6 Å². The third kappa shape index (κ3) is 4.88. The first-order valence-corrected chi connectivity index (χ1v) is 6.55. The Bertz CT molecular complexity index is 362. The molecule has 3 heteroatoms. The molecule has 0 saturated heterocycles. The predicted molar refractivity (Wildman–Crippen MR) is 75.2 cm³/mol. The topological polar surface area (TPSA) is 46.3 Å². The molecule has 0 aliphatic heterocycles. The van der Waals surface area contributed by atoms with Gasteiger partial charge >= 0.3 is 0 Å². The summed E-state index contributed by atoms with van der Waals surface area (Å²) in [4.78, 5) is 13.7. The summed E-state index contributed by atoms with van der Waals surface area (Å²) in [6, 6.07) is 9.74. The van der Waals surface area contributed by atoms with Gasteiger partial charge in [0, 0.05) is 13.6 Å². The van der Waals surface area contributed by atoms with Gasteiger partial charge < -0.3 is 10.6 Å². The number of likely N-dealkylation sites (N-methyl/N-ethyl adjacent to an activating group) is 1. The van der Waals surface area contributed by atoms with Gasteiger partial charge in [-0.1, -0.05) is 44.2 Å². The number of aryl methyl sites for hydroxylation is 1. The lowest BCUT2D eigenvalue weighted by molar-refractivity contribution is -0.131. The fourth-order valence-corrected chi connectivity index (χ4v) is 2.01. The minimum atomic E-state index is -0.394. The van der Waals surface area contributed by atoms with Gasteiger partial charge in [0.05, 0.1) is 6.04 Å². The Kier molecular flexibility index (Phi) is 5.86. The Morgan fingerprint density at radius 2 is 1.89 bits per heavy atom. The lowest BCUT2D eigenvalue weighted by Gasteiger charge is -2.23. The zero-order valence-electron chi connectivity index (χ0n) is 11.6. The molecule has 0 aliphatic rings. The molecule has 1 amide bonds. The molecule has 1 rings (SSSR count). The molecule has 100 valence electrons. The minimum Gasteiger partial charge on any atom is -0.344 e. The highest BCUT2D eigenvalue weighted by Gasteiger charge is 2.18. The molecule has 2 N–H and O–H groups in total. The predicted octanol–water partition coefficient (Wildman–Crippen LogP) is 2.06. The second-order valence-corrected chi connectivity index (χ2v) is 5.24. The number of hydrogen-bond donors (Lipinski definition) is 1. The van der Waals surface area contributed by atoms with Crippen LogP contribution in [0.15, 0.2) is 30.3 Å². The summed E-state index contributed by atoms with van der Waals surface area (Å²) in [5.41, 5.74) is 7.18. The average Bonchev–Trinajstić information content (AvgIpc) is 2.35. The van der Waals surface area contributed by atoms with Gasteiger partial charge in [0.15, 0.2) is 0 Å². The maximum Gasteiger partial charge on any atom is 0.239 e. The highest BCUT2D eigenvalue weighted by Crippen LogP contribution is 2.06. The number of nitrogens with two attached hydrogens (primary N) is 1. The number of benzene rings is 1. The van der Waals surface area contributed by atoms with Gasteiger partial charge in [-0.25, -0.2) is 0 Å². The van der Waals surface area contributed by atoms with Crippen molar-refractivity contribution in [2.24, 2.45) is 11.7 Å². The van der Waals surface area contributed by atoms with E-state index in [1.807, 2.05) is 25.2 Å². The van der Waals surface area contributed by atoms with Gasteiger partial charge in [-0.15, -0.1) is 0 Å². The fraction of sp³-hybridized carbons (Fsp3) is 0.533. The zero-order chi connectivity index (χ0) is 13.5. The van der Waals surface area contributed by atoms with E-state index in [2.05, 4.69) is 26.0 Å². The van der Waals surface area contributed by atoms with E-state index in [-0.39, 0.29) is 5.91 Å². The SMILES string of the molecule is CC(C)CN(C)C(=O)[C@@H](N)CCc1ccccc1. The molecular formula is C15H24N2O. The number of rotatable bonds is 6. The highest BCUT2D eigenvalue weighted by molar-refractivity contribution is 5.81. The summed E-state index contributed by atoms with van der Waals surface area (Å²) in [7, 11) is 1.82. The van der Waals surface area contributed by atoms with Crippen molar-refractivity contribution in [2.45, 2.75) is 32.7 Å². The molecule has 1 atom stereocenters. The Morgan fingerprint density at radius 3 is 2.44 bits per heavy atom. The number of carbonyl (C=O) groups excluding carboxylic acids is 1. The molecule has 18 heavy (non-hydrogen) atoms. The monoisotopic (exact) mass is 248 g/mol. The van der Waals surface area contributed by atoms with Gasteiger partial charge in [-0.3, -0.25) is 4.79 Å². The van der Waals surface area contributed by atoms with Crippen LogP contribution in [0.1, 0.15) is 25.8 Å². The van der Waals surface area contributed by atoms with E-state index in [0.717, 1.165) is 13.0 Å².